The Kier molecular flexibility index (Phi) is 5.48. The largest absolute Gasteiger partial charge is 0.479 e. The summed E-state index contributed by atoms with van der Waals surface area (Å²) in [6.07, 6.45) is 0.383. The van der Waals surface area contributed by atoms with E-state index >= 15 is 0 Å². The van der Waals surface area contributed by atoms with Crippen molar-refractivity contribution in [3.63, 3.8) is 0 Å². The third kappa shape index (κ3) is 3.91. The fourth-order valence-corrected chi connectivity index (χ4v) is 1.85. The Morgan fingerprint density at radius 3 is 2.56 bits per heavy atom. The van der Waals surface area contributed by atoms with Crippen molar-refractivity contribution in [3.05, 3.63) is 28.8 Å². The van der Waals surface area contributed by atoms with Crippen LogP contribution >= 0.6 is 11.6 Å². The van der Waals surface area contributed by atoms with E-state index in [0.717, 1.165) is 12.0 Å². The van der Waals surface area contributed by atoms with Crippen LogP contribution in [0.1, 0.15) is 45.1 Å². The van der Waals surface area contributed by atoms with Crippen LogP contribution in [0.4, 0.5) is 0 Å². The lowest BCUT2D eigenvalue weighted by Gasteiger charge is -2.16. The molecule has 0 aliphatic carbocycles. The molecular formula is C14H19ClO3. The molecule has 3 nitrogen and oxygen atoms in total. The van der Waals surface area contributed by atoms with Gasteiger partial charge in [-0.15, -0.1) is 0 Å². The maximum Gasteiger partial charge on any atom is 0.344 e. The minimum Gasteiger partial charge on any atom is -0.479 e. The lowest BCUT2D eigenvalue weighted by molar-refractivity contribution is -0.145. The molecule has 1 N–H and O–H groups in total. The molecule has 1 rings (SSSR count). The van der Waals surface area contributed by atoms with Gasteiger partial charge < -0.3 is 9.84 Å². The van der Waals surface area contributed by atoms with Crippen LogP contribution in [-0.4, -0.2) is 17.2 Å². The van der Waals surface area contributed by atoms with Crippen LogP contribution in [0.15, 0.2) is 18.2 Å². The molecule has 0 saturated carbocycles. The first-order valence-corrected chi connectivity index (χ1v) is 6.52. The molecule has 0 aliphatic heterocycles. The van der Waals surface area contributed by atoms with Crippen LogP contribution < -0.4 is 4.74 Å². The average Bonchev–Trinajstić information content (AvgIpc) is 2.30. The van der Waals surface area contributed by atoms with Crippen molar-refractivity contribution >= 4 is 17.6 Å². The monoisotopic (exact) mass is 270 g/mol. The molecule has 18 heavy (non-hydrogen) atoms. The highest BCUT2D eigenvalue weighted by Crippen LogP contribution is 2.29. The second kappa shape index (κ2) is 6.64. The predicted octanol–water partition coefficient (Wildman–Crippen LogP) is 4.10. The van der Waals surface area contributed by atoms with Crippen LogP contribution in [0.5, 0.6) is 5.75 Å². The number of benzene rings is 1. The van der Waals surface area contributed by atoms with Gasteiger partial charge in [0.1, 0.15) is 5.75 Å². The molecule has 0 bridgehead atoms. The van der Waals surface area contributed by atoms with E-state index in [-0.39, 0.29) is 0 Å². The highest BCUT2D eigenvalue weighted by Gasteiger charge is 2.19. The lowest BCUT2D eigenvalue weighted by atomic mass is 10.0. The minimum absolute atomic E-state index is 0.377. The topological polar surface area (TPSA) is 46.5 Å². The fraction of sp³-hybridized carbons (Fsp3) is 0.500. The van der Waals surface area contributed by atoms with Crippen molar-refractivity contribution in [1.82, 2.24) is 0 Å². The minimum atomic E-state index is -0.958. The molecule has 0 fully saturated rings. The summed E-state index contributed by atoms with van der Waals surface area (Å²) < 4.78 is 5.45. The SMILES string of the molecule is CCCC(Oc1ccc(C(C)C)cc1Cl)C(=O)O. The molecule has 0 heterocycles. The van der Waals surface area contributed by atoms with Gasteiger partial charge >= 0.3 is 5.97 Å². The normalized spacial score (nSPS) is 12.5. The number of ether oxygens (including phenoxy) is 1. The third-order valence-corrected chi connectivity index (χ3v) is 3.01. The Hall–Kier alpha value is -1.22. The first kappa shape index (κ1) is 14.8. The maximum atomic E-state index is 11.0. The van der Waals surface area contributed by atoms with Crippen LogP contribution in [0.2, 0.25) is 5.02 Å². The summed E-state index contributed by atoms with van der Waals surface area (Å²) in [7, 11) is 0. The zero-order chi connectivity index (χ0) is 13.7. The maximum absolute atomic E-state index is 11.0. The molecule has 1 aromatic rings. The molecule has 100 valence electrons. The van der Waals surface area contributed by atoms with Crippen molar-refractivity contribution in [2.45, 2.75) is 45.6 Å². The Morgan fingerprint density at radius 2 is 2.11 bits per heavy atom. The summed E-state index contributed by atoms with van der Waals surface area (Å²) in [5.74, 6) is -0.148. The zero-order valence-corrected chi connectivity index (χ0v) is 11.7. The van der Waals surface area contributed by atoms with Crippen LogP contribution in [0.25, 0.3) is 0 Å². The summed E-state index contributed by atoms with van der Waals surface area (Å²) in [6, 6.07) is 5.48. The van der Waals surface area contributed by atoms with Gasteiger partial charge in [-0.3, -0.25) is 0 Å². The Bertz CT molecular complexity index is 416. The molecule has 1 unspecified atom stereocenters. The second-order valence-electron chi connectivity index (χ2n) is 4.58. The molecule has 4 heteroatoms. The van der Waals surface area contributed by atoms with E-state index in [4.69, 9.17) is 21.4 Å². The summed E-state index contributed by atoms with van der Waals surface area (Å²) >= 11 is 6.10. The number of aliphatic carboxylic acids is 1. The molecule has 0 aromatic heterocycles. The molecular weight excluding hydrogens is 252 g/mol. The van der Waals surface area contributed by atoms with Gasteiger partial charge in [-0.05, 0) is 30.0 Å². The molecule has 1 aromatic carbocycles. The van der Waals surface area contributed by atoms with Crippen molar-refractivity contribution in [2.24, 2.45) is 0 Å². The molecule has 0 spiro atoms. The van der Waals surface area contributed by atoms with Gasteiger partial charge in [0, 0.05) is 0 Å². The first-order chi connectivity index (χ1) is 8.45. The van der Waals surface area contributed by atoms with Crippen LogP contribution in [0, 0.1) is 0 Å². The molecule has 0 amide bonds. The van der Waals surface area contributed by atoms with Gasteiger partial charge in [0.05, 0.1) is 5.02 Å². The van der Waals surface area contributed by atoms with E-state index in [1.54, 1.807) is 6.07 Å². The third-order valence-electron chi connectivity index (χ3n) is 2.72. The predicted molar refractivity (Wildman–Crippen MR) is 72.5 cm³/mol. The van der Waals surface area contributed by atoms with Crippen LogP contribution in [0.3, 0.4) is 0 Å². The first-order valence-electron chi connectivity index (χ1n) is 6.14. The van der Waals surface area contributed by atoms with Gasteiger partial charge in [0.25, 0.3) is 0 Å². The van der Waals surface area contributed by atoms with Gasteiger partial charge in [0.15, 0.2) is 6.10 Å². The van der Waals surface area contributed by atoms with Crippen LogP contribution in [-0.2, 0) is 4.79 Å². The number of halogens is 1. The zero-order valence-electron chi connectivity index (χ0n) is 10.9. The molecule has 0 radical (unpaired) electrons. The van der Waals surface area contributed by atoms with E-state index in [0.29, 0.717) is 23.1 Å². The highest BCUT2D eigenvalue weighted by molar-refractivity contribution is 6.32. The molecule has 0 saturated heterocycles. The number of carbonyl (C=O) groups is 1. The fourth-order valence-electron chi connectivity index (χ4n) is 1.62. The average molecular weight is 271 g/mol. The summed E-state index contributed by atoms with van der Waals surface area (Å²) in [4.78, 5) is 11.0. The van der Waals surface area contributed by atoms with E-state index in [9.17, 15) is 4.79 Å². The van der Waals surface area contributed by atoms with Crippen molar-refractivity contribution < 1.29 is 14.6 Å². The van der Waals surface area contributed by atoms with Crippen molar-refractivity contribution in [3.8, 4) is 5.75 Å². The molecule has 0 aliphatic rings. The Balaban J connectivity index is 2.86. The molecule has 1 atom stereocenters. The number of hydrogen-bond acceptors (Lipinski definition) is 2. The number of hydrogen-bond donors (Lipinski definition) is 1. The van der Waals surface area contributed by atoms with Gasteiger partial charge in [-0.2, -0.15) is 0 Å². The van der Waals surface area contributed by atoms with E-state index in [2.05, 4.69) is 13.8 Å². The highest BCUT2D eigenvalue weighted by atomic mass is 35.5. The number of carboxylic acid groups (broad SMARTS) is 1. The standard InChI is InChI=1S/C14H19ClO3/c1-4-5-13(14(16)17)18-12-7-6-10(9(2)3)8-11(12)15/h6-9,13H,4-5H2,1-3H3,(H,16,17). The smallest absolute Gasteiger partial charge is 0.344 e. The second-order valence-corrected chi connectivity index (χ2v) is 4.99. The van der Waals surface area contributed by atoms with Crippen molar-refractivity contribution in [2.75, 3.05) is 0 Å². The van der Waals surface area contributed by atoms with E-state index in [1.807, 2.05) is 19.1 Å². The van der Waals surface area contributed by atoms with Gasteiger partial charge in [-0.1, -0.05) is 44.9 Å². The van der Waals surface area contributed by atoms with Gasteiger partial charge in [0.2, 0.25) is 0 Å². The van der Waals surface area contributed by atoms with E-state index in [1.165, 1.54) is 0 Å². The number of carboxylic acids is 1. The Labute approximate surface area is 113 Å². The Morgan fingerprint density at radius 1 is 1.44 bits per heavy atom. The number of rotatable bonds is 6. The lowest BCUT2D eigenvalue weighted by Crippen LogP contribution is -2.26. The van der Waals surface area contributed by atoms with Crippen molar-refractivity contribution in [1.29, 1.82) is 0 Å². The van der Waals surface area contributed by atoms with Gasteiger partial charge in [-0.25, -0.2) is 4.79 Å². The summed E-state index contributed by atoms with van der Waals surface area (Å²) in [5, 5.41) is 9.49. The summed E-state index contributed by atoms with van der Waals surface area (Å²) in [5.41, 5.74) is 1.11. The van der Waals surface area contributed by atoms with E-state index < -0.39 is 12.1 Å². The quantitative estimate of drug-likeness (QED) is 0.847. The summed E-state index contributed by atoms with van der Waals surface area (Å²) in [6.45, 7) is 6.06.